The molecule has 0 aliphatic heterocycles. The second-order valence-corrected chi connectivity index (χ2v) is 4.32. The van der Waals surface area contributed by atoms with Crippen molar-refractivity contribution in [2.45, 2.75) is 13.8 Å². The van der Waals surface area contributed by atoms with Crippen LogP contribution in [-0.4, -0.2) is 55.3 Å². The molecule has 0 atom stereocenters. The van der Waals surface area contributed by atoms with Gasteiger partial charge in [-0.15, -0.1) is 0 Å². The first-order valence-electron chi connectivity index (χ1n) is 5.86. The van der Waals surface area contributed by atoms with Gasteiger partial charge in [0.2, 0.25) is 5.95 Å². The van der Waals surface area contributed by atoms with Crippen molar-refractivity contribution in [2.24, 2.45) is 0 Å². The molecule has 0 saturated carbocycles. The van der Waals surface area contributed by atoms with Crippen LogP contribution in [-0.2, 0) is 4.74 Å². The highest BCUT2D eigenvalue weighted by atomic mass is 16.5. The Morgan fingerprint density at radius 2 is 1.82 bits per heavy atom. The molecule has 1 N–H and O–H groups in total. The van der Waals surface area contributed by atoms with Gasteiger partial charge in [-0.2, -0.15) is 0 Å². The van der Waals surface area contributed by atoms with Gasteiger partial charge in [0.1, 0.15) is 0 Å². The van der Waals surface area contributed by atoms with Crippen molar-refractivity contribution >= 4 is 5.95 Å². The maximum absolute atomic E-state index is 5.47. The second-order valence-electron chi connectivity index (χ2n) is 4.32. The Kier molecular flexibility index (Phi) is 5.86. The molecule has 5 heteroatoms. The Bertz CT molecular complexity index is 321. The number of rotatable bonds is 7. The van der Waals surface area contributed by atoms with Gasteiger partial charge in [0.25, 0.3) is 0 Å². The van der Waals surface area contributed by atoms with Gasteiger partial charge >= 0.3 is 0 Å². The predicted molar refractivity (Wildman–Crippen MR) is 69.4 cm³/mol. The monoisotopic (exact) mass is 238 g/mol. The fraction of sp³-hybridized carbons (Fsp3) is 0.667. The number of aromatic nitrogens is 2. The Labute approximate surface area is 103 Å². The third-order valence-electron chi connectivity index (χ3n) is 2.19. The molecule has 0 aliphatic rings. The van der Waals surface area contributed by atoms with Crippen molar-refractivity contribution in [3.8, 4) is 0 Å². The van der Waals surface area contributed by atoms with Gasteiger partial charge in [-0.05, 0) is 34.0 Å². The summed E-state index contributed by atoms with van der Waals surface area (Å²) in [5.74, 6) is 0.679. The van der Waals surface area contributed by atoms with Crippen molar-refractivity contribution in [1.29, 1.82) is 0 Å². The third kappa shape index (κ3) is 6.19. The Hall–Kier alpha value is -1.20. The molecule has 1 aromatic heterocycles. The molecule has 0 aromatic carbocycles. The molecular weight excluding hydrogens is 216 g/mol. The van der Waals surface area contributed by atoms with Crippen LogP contribution in [0, 0.1) is 13.8 Å². The van der Waals surface area contributed by atoms with Crippen LogP contribution < -0.4 is 5.32 Å². The molecule has 1 heterocycles. The molecule has 0 unspecified atom stereocenters. The van der Waals surface area contributed by atoms with Crippen LogP contribution in [0.2, 0.25) is 0 Å². The van der Waals surface area contributed by atoms with E-state index in [0.717, 1.165) is 31.1 Å². The summed E-state index contributed by atoms with van der Waals surface area (Å²) in [5.41, 5.74) is 1.96. The maximum atomic E-state index is 5.47. The lowest BCUT2D eigenvalue weighted by molar-refractivity contribution is 0.126. The molecule has 0 spiro atoms. The van der Waals surface area contributed by atoms with E-state index in [1.165, 1.54) is 0 Å². The minimum atomic E-state index is 0.671. The SMILES string of the molecule is Cc1cc(C)nc(NCCOCCN(C)C)n1. The highest BCUT2D eigenvalue weighted by Gasteiger charge is 1.98. The Balaban J connectivity index is 2.18. The van der Waals surface area contributed by atoms with E-state index in [0.29, 0.717) is 12.6 Å². The molecule has 1 rings (SSSR count). The number of hydrogen-bond acceptors (Lipinski definition) is 5. The molecule has 0 radical (unpaired) electrons. The highest BCUT2D eigenvalue weighted by Crippen LogP contribution is 2.02. The molecule has 96 valence electrons. The first kappa shape index (κ1) is 13.9. The Morgan fingerprint density at radius 3 is 2.41 bits per heavy atom. The summed E-state index contributed by atoms with van der Waals surface area (Å²) in [7, 11) is 4.07. The van der Waals surface area contributed by atoms with E-state index >= 15 is 0 Å². The van der Waals surface area contributed by atoms with Crippen LogP contribution in [0.5, 0.6) is 0 Å². The smallest absolute Gasteiger partial charge is 0.223 e. The van der Waals surface area contributed by atoms with Gasteiger partial charge in [0, 0.05) is 24.5 Å². The number of anilines is 1. The van der Waals surface area contributed by atoms with Crippen molar-refractivity contribution < 1.29 is 4.74 Å². The molecule has 0 amide bonds. The standard InChI is InChI=1S/C12H22N4O/c1-10-9-11(2)15-12(14-10)13-5-7-17-8-6-16(3)4/h9H,5-8H2,1-4H3,(H,13,14,15). The van der Waals surface area contributed by atoms with Crippen LogP contribution in [0.1, 0.15) is 11.4 Å². The van der Waals surface area contributed by atoms with Gasteiger partial charge in [-0.25, -0.2) is 9.97 Å². The first-order chi connectivity index (χ1) is 8.08. The van der Waals surface area contributed by atoms with E-state index < -0.39 is 0 Å². The third-order valence-corrected chi connectivity index (χ3v) is 2.19. The summed E-state index contributed by atoms with van der Waals surface area (Å²) in [6.07, 6.45) is 0. The lowest BCUT2D eigenvalue weighted by atomic mass is 10.4. The number of ether oxygens (including phenoxy) is 1. The number of aryl methyl sites for hydroxylation is 2. The van der Waals surface area contributed by atoms with E-state index in [-0.39, 0.29) is 0 Å². The van der Waals surface area contributed by atoms with Crippen LogP contribution >= 0.6 is 0 Å². The van der Waals surface area contributed by atoms with Gasteiger partial charge in [-0.3, -0.25) is 0 Å². The molecule has 1 aromatic rings. The minimum Gasteiger partial charge on any atom is -0.378 e. The van der Waals surface area contributed by atoms with Crippen molar-refractivity contribution in [3.05, 3.63) is 17.5 Å². The minimum absolute atomic E-state index is 0.671. The van der Waals surface area contributed by atoms with Crippen molar-refractivity contribution in [2.75, 3.05) is 45.7 Å². The summed E-state index contributed by atoms with van der Waals surface area (Å²) in [6, 6.07) is 1.96. The quantitative estimate of drug-likeness (QED) is 0.720. The lowest BCUT2D eigenvalue weighted by Crippen LogP contribution is -2.20. The lowest BCUT2D eigenvalue weighted by Gasteiger charge is -2.10. The largest absolute Gasteiger partial charge is 0.378 e. The molecule has 0 fully saturated rings. The van der Waals surface area contributed by atoms with Crippen LogP contribution in [0.3, 0.4) is 0 Å². The zero-order valence-electron chi connectivity index (χ0n) is 11.2. The fourth-order valence-electron chi connectivity index (χ4n) is 1.39. The number of likely N-dealkylation sites (N-methyl/N-ethyl adjacent to an activating group) is 1. The average molecular weight is 238 g/mol. The summed E-state index contributed by atoms with van der Waals surface area (Å²) in [4.78, 5) is 10.7. The zero-order valence-corrected chi connectivity index (χ0v) is 11.2. The summed E-state index contributed by atoms with van der Waals surface area (Å²) >= 11 is 0. The molecule has 0 saturated heterocycles. The van der Waals surface area contributed by atoms with E-state index in [2.05, 4.69) is 20.2 Å². The summed E-state index contributed by atoms with van der Waals surface area (Å²) in [5, 5.41) is 3.15. The molecule has 5 nitrogen and oxygen atoms in total. The highest BCUT2D eigenvalue weighted by molar-refractivity contribution is 5.27. The molecular formula is C12H22N4O. The van der Waals surface area contributed by atoms with Gasteiger partial charge in [0.05, 0.1) is 13.2 Å². The topological polar surface area (TPSA) is 50.3 Å². The molecule has 17 heavy (non-hydrogen) atoms. The van der Waals surface area contributed by atoms with Gasteiger partial charge in [0.15, 0.2) is 0 Å². The number of hydrogen-bond donors (Lipinski definition) is 1. The predicted octanol–water partition coefficient (Wildman–Crippen LogP) is 1.08. The molecule has 0 aliphatic carbocycles. The first-order valence-corrected chi connectivity index (χ1v) is 5.86. The van der Waals surface area contributed by atoms with Crippen molar-refractivity contribution in [1.82, 2.24) is 14.9 Å². The second kappa shape index (κ2) is 7.19. The van der Waals surface area contributed by atoms with Crippen molar-refractivity contribution in [3.63, 3.8) is 0 Å². The Morgan fingerprint density at radius 1 is 1.18 bits per heavy atom. The number of nitrogens with zero attached hydrogens (tertiary/aromatic N) is 3. The van der Waals surface area contributed by atoms with Gasteiger partial charge < -0.3 is 15.0 Å². The van der Waals surface area contributed by atoms with Crippen LogP contribution in [0.25, 0.3) is 0 Å². The zero-order chi connectivity index (χ0) is 12.7. The van der Waals surface area contributed by atoms with E-state index in [1.54, 1.807) is 0 Å². The maximum Gasteiger partial charge on any atom is 0.223 e. The molecule has 0 bridgehead atoms. The number of nitrogens with one attached hydrogen (secondary N) is 1. The van der Waals surface area contributed by atoms with Gasteiger partial charge in [-0.1, -0.05) is 0 Å². The van der Waals surface area contributed by atoms with E-state index in [4.69, 9.17) is 4.74 Å². The summed E-state index contributed by atoms with van der Waals surface area (Å²) in [6.45, 7) is 7.03. The van der Waals surface area contributed by atoms with E-state index in [1.807, 2.05) is 34.0 Å². The normalized spacial score (nSPS) is 10.9. The summed E-state index contributed by atoms with van der Waals surface area (Å²) < 4.78 is 5.47. The van der Waals surface area contributed by atoms with Crippen LogP contribution in [0.15, 0.2) is 6.07 Å². The average Bonchev–Trinajstić information content (AvgIpc) is 2.21. The fourth-order valence-corrected chi connectivity index (χ4v) is 1.39. The van der Waals surface area contributed by atoms with E-state index in [9.17, 15) is 0 Å². The van der Waals surface area contributed by atoms with Crippen LogP contribution in [0.4, 0.5) is 5.95 Å².